The van der Waals surface area contributed by atoms with Crippen LogP contribution in [0.2, 0.25) is 0 Å². The van der Waals surface area contributed by atoms with Gasteiger partial charge in [-0.05, 0) is 36.5 Å². The molecule has 0 bridgehead atoms. The van der Waals surface area contributed by atoms with Gasteiger partial charge < -0.3 is 5.32 Å². The van der Waals surface area contributed by atoms with Crippen molar-refractivity contribution in [2.24, 2.45) is 0 Å². The number of piperazine rings is 1. The number of nitrogens with zero attached hydrogens (tertiary/aromatic N) is 1. The maximum atomic E-state index is 12.9. The molecular weight excluding hydrogens is 260 g/mol. The number of rotatable bonds is 3. The van der Waals surface area contributed by atoms with Crippen LogP contribution in [0.25, 0.3) is 0 Å². The van der Waals surface area contributed by atoms with E-state index in [-0.39, 0.29) is 17.2 Å². The number of aryl methyl sites for hydroxylation is 1. The van der Waals surface area contributed by atoms with Crippen LogP contribution < -0.4 is 5.32 Å². The van der Waals surface area contributed by atoms with Gasteiger partial charge in [-0.1, -0.05) is 32.9 Å². The van der Waals surface area contributed by atoms with Crippen molar-refractivity contribution in [1.29, 1.82) is 0 Å². The van der Waals surface area contributed by atoms with Gasteiger partial charge >= 0.3 is 0 Å². The van der Waals surface area contributed by atoms with E-state index in [9.17, 15) is 4.79 Å². The molecule has 3 nitrogen and oxygen atoms in total. The predicted molar refractivity (Wildman–Crippen MR) is 88.1 cm³/mol. The van der Waals surface area contributed by atoms with E-state index in [1.54, 1.807) is 0 Å². The molecule has 1 fully saturated rings. The summed E-state index contributed by atoms with van der Waals surface area (Å²) in [5.41, 5.74) is 3.26. The van der Waals surface area contributed by atoms with Crippen molar-refractivity contribution in [2.45, 2.75) is 46.1 Å². The van der Waals surface area contributed by atoms with E-state index in [0.717, 1.165) is 37.3 Å². The van der Waals surface area contributed by atoms with Crippen LogP contribution in [0.4, 0.5) is 0 Å². The molecule has 1 unspecified atom stereocenters. The van der Waals surface area contributed by atoms with Gasteiger partial charge in [-0.3, -0.25) is 9.69 Å². The van der Waals surface area contributed by atoms with E-state index >= 15 is 0 Å². The van der Waals surface area contributed by atoms with Gasteiger partial charge in [0.25, 0.3) is 0 Å². The Kier molecular flexibility index (Phi) is 4.84. The van der Waals surface area contributed by atoms with Gasteiger partial charge in [-0.25, -0.2) is 0 Å². The molecular formula is C18H28N2O. The molecule has 1 atom stereocenters. The summed E-state index contributed by atoms with van der Waals surface area (Å²) in [4.78, 5) is 15.2. The average molecular weight is 288 g/mol. The lowest BCUT2D eigenvalue weighted by atomic mass is 9.84. The summed E-state index contributed by atoms with van der Waals surface area (Å²) >= 11 is 0. The number of carbonyl (C=O) groups is 1. The van der Waals surface area contributed by atoms with Crippen LogP contribution >= 0.6 is 0 Å². The normalized spacial score (nSPS) is 18.5. The maximum absolute atomic E-state index is 12.9. The summed E-state index contributed by atoms with van der Waals surface area (Å²) in [5, 5.41) is 3.34. The van der Waals surface area contributed by atoms with Crippen molar-refractivity contribution in [1.82, 2.24) is 10.2 Å². The molecule has 2 rings (SSSR count). The van der Waals surface area contributed by atoms with Crippen LogP contribution in [0.3, 0.4) is 0 Å². The van der Waals surface area contributed by atoms with Crippen LogP contribution in [0, 0.1) is 6.92 Å². The largest absolute Gasteiger partial charge is 0.314 e. The molecule has 0 radical (unpaired) electrons. The first kappa shape index (κ1) is 16.2. The fourth-order valence-electron chi connectivity index (χ4n) is 2.81. The highest BCUT2D eigenvalue weighted by Crippen LogP contribution is 2.25. The third-order valence-electron chi connectivity index (χ3n) is 4.45. The standard InChI is InChI=1S/C18H28N2O/c1-13-6-7-15(18(3,4)5)12-16(13)17(21)14(2)20-10-8-19-9-11-20/h6-7,12,14,19H,8-11H2,1-5H3. The summed E-state index contributed by atoms with van der Waals surface area (Å²) in [6.45, 7) is 14.5. The molecule has 0 amide bonds. The van der Waals surface area contributed by atoms with Gasteiger partial charge in [0.1, 0.15) is 0 Å². The van der Waals surface area contributed by atoms with Gasteiger partial charge in [0.2, 0.25) is 0 Å². The molecule has 1 aromatic rings. The summed E-state index contributed by atoms with van der Waals surface area (Å²) in [5.74, 6) is 0.250. The van der Waals surface area contributed by atoms with E-state index in [0.29, 0.717) is 0 Å². The molecule has 1 heterocycles. The van der Waals surface area contributed by atoms with Gasteiger partial charge in [-0.15, -0.1) is 0 Å². The molecule has 1 saturated heterocycles. The van der Waals surface area contributed by atoms with Crippen molar-refractivity contribution in [2.75, 3.05) is 26.2 Å². The number of benzene rings is 1. The SMILES string of the molecule is Cc1ccc(C(C)(C)C)cc1C(=O)C(C)N1CCNCC1. The minimum Gasteiger partial charge on any atom is -0.314 e. The summed E-state index contributed by atoms with van der Waals surface area (Å²) in [6, 6.07) is 6.28. The molecule has 116 valence electrons. The Bertz CT molecular complexity index is 510. The number of hydrogen-bond donors (Lipinski definition) is 1. The minimum atomic E-state index is -0.0407. The summed E-state index contributed by atoms with van der Waals surface area (Å²) < 4.78 is 0. The summed E-state index contributed by atoms with van der Waals surface area (Å²) in [6.07, 6.45) is 0. The van der Waals surface area contributed by atoms with Gasteiger partial charge in [0, 0.05) is 31.7 Å². The Morgan fingerprint density at radius 1 is 1.24 bits per heavy atom. The average Bonchev–Trinajstić information content (AvgIpc) is 2.46. The molecule has 1 aromatic carbocycles. The fraction of sp³-hybridized carbons (Fsp3) is 0.611. The van der Waals surface area contributed by atoms with E-state index < -0.39 is 0 Å². The topological polar surface area (TPSA) is 32.3 Å². The fourth-order valence-corrected chi connectivity index (χ4v) is 2.81. The Morgan fingerprint density at radius 2 is 1.86 bits per heavy atom. The van der Waals surface area contributed by atoms with E-state index in [1.807, 2.05) is 13.8 Å². The molecule has 0 aromatic heterocycles. The van der Waals surface area contributed by atoms with Crippen molar-refractivity contribution in [3.8, 4) is 0 Å². The van der Waals surface area contributed by atoms with Crippen molar-refractivity contribution in [3.63, 3.8) is 0 Å². The maximum Gasteiger partial charge on any atom is 0.179 e. The molecule has 0 spiro atoms. The highest BCUT2D eigenvalue weighted by molar-refractivity contribution is 6.01. The molecule has 3 heteroatoms. The number of nitrogens with one attached hydrogen (secondary N) is 1. The number of Topliss-reactive ketones (excluding diaryl/α,β-unsaturated/α-hetero) is 1. The highest BCUT2D eigenvalue weighted by atomic mass is 16.1. The zero-order valence-corrected chi connectivity index (χ0v) is 14.0. The van der Waals surface area contributed by atoms with Crippen LogP contribution in [0.5, 0.6) is 0 Å². The molecule has 0 saturated carbocycles. The Labute approximate surface area is 128 Å². The molecule has 1 aliphatic rings. The molecule has 1 N–H and O–H groups in total. The van der Waals surface area contributed by atoms with Crippen molar-refractivity contribution < 1.29 is 4.79 Å². The van der Waals surface area contributed by atoms with Crippen molar-refractivity contribution >= 4 is 5.78 Å². The number of hydrogen-bond acceptors (Lipinski definition) is 3. The first-order chi connectivity index (χ1) is 9.80. The minimum absolute atomic E-state index is 0.0407. The second-order valence-electron chi connectivity index (χ2n) is 7.11. The lowest BCUT2D eigenvalue weighted by molar-refractivity contribution is 0.0819. The monoisotopic (exact) mass is 288 g/mol. The van der Waals surface area contributed by atoms with E-state index in [2.05, 4.69) is 49.2 Å². The smallest absolute Gasteiger partial charge is 0.179 e. The first-order valence-electron chi connectivity index (χ1n) is 7.91. The molecule has 0 aliphatic carbocycles. The first-order valence-corrected chi connectivity index (χ1v) is 7.91. The Balaban J connectivity index is 2.25. The second-order valence-corrected chi connectivity index (χ2v) is 7.11. The van der Waals surface area contributed by atoms with Gasteiger partial charge in [0.15, 0.2) is 5.78 Å². The Hall–Kier alpha value is -1.19. The third-order valence-corrected chi connectivity index (χ3v) is 4.45. The van der Waals surface area contributed by atoms with Crippen molar-refractivity contribution in [3.05, 3.63) is 34.9 Å². The van der Waals surface area contributed by atoms with Crippen LogP contribution in [-0.2, 0) is 5.41 Å². The number of ketones is 1. The van der Waals surface area contributed by atoms with E-state index in [4.69, 9.17) is 0 Å². The molecule has 1 aliphatic heterocycles. The quantitative estimate of drug-likeness (QED) is 0.868. The predicted octanol–water partition coefficient (Wildman–Crippen LogP) is 2.77. The van der Waals surface area contributed by atoms with Gasteiger partial charge in [0.05, 0.1) is 6.04 Å². The summed E-state index contributed by atoms with van der Waals surface area (Å²) in [7, 11) is 0. The van der Waals surface area contributed by atoms with Gasteiger partial charge in [-0.2, -0.15) is 0 Å². The lowest BCUT2D eigenvalue weighted by Crippen LogP contribution is -2.50. The van der Waals surface area contributed by atoms with Crippen LogP contribution in [0.1, 0.15) is 49.2 Å². The number of carbonyl (C=O) groups excluding carboxylic acids is 1. The third kappa shape index (κ3) is 3.72. The van der Waals surface area contributed by atoms with Crippen LogP contribution in [0.15, 0.2) is 18.2 Å². The zero-order chi connectivity index (χ0) is 15.6. The Morgan fingerprint density at radius 3 is 2.43 bits per heavy atom. The lowest BCUT2D eigenvalue weighted by Gasteiger charge is -2.32. The second kappa shape index (κ2) is 6.29. The highest BCUT2D eigenvalue weighted by Gasteiger charge is 2.25. The zero-order valence-electron chi connectivity index (χ0n) is 14.0. The van der Waals surface area contributed by atoms with E-state index in [1.165, 1.54) is 5.56 Å². The van der Waals surface area contributed by atoms with Crippen LogP contribution in [-0.4, -0.2) is 42.9 Å². The molecule has 21 heavy (non-hydrogen) atoms.